The van der Waals surface area contributed by atoms with Gasteiger partial charge in [0.1, 0.15) is 5.76 Å². The molecule has 1 aliphatic heterocycles. The molecule has 0 bridgehead atoms. The molecule has 0 spiro atoms. The maximum Gasteiger partial charge on any atom is 0.229 e. The lowest BCUT2D eigenvalue weighted by Gasteiger charge is -2.23. The number of hydrogen-bond acceptors (Lipinski definition) is 4. The summed E-state index contributed by atoms with van der Waals surface area (Å²) in [5.74, 6) is 1.48. The van der Waals surface area contributed by atoms with Crippen LogP contribution >= 0.6 is 0 Å². The van der Waals surface area contributed by atoms with Crippen LogP contribution in [0.4, 0.5) is 11.4 Å². The van der Waals surface area contributed by atoms with E-state index >= 15 is 0 Å². The van der Waals surface area contributed by atoms with Crippen molar-refractivity contribution in [3.8, 4) is 0 Å². The number of benzene rings is 1. The summed E-state index contributed by atoms with van der Waals surface area (Å²) in [4.78, 5) is 18.6. The molecule has 2 aromatic rings. The number of nitrogens with one attached hydrogen (secondary N) is 1. The summed E-state index contributed by atoms with van der Waals surface area (Å²) in [5.41, 5.74) is 2.76. The first-order chi connectivity index (χ1) is 10.0. The van der Waals surface area contributed by atoms with Crippen molar-refractivity contribution in [1.29, 1.82) is 0 Å². The third-order valence-corrected chi connectivity index (χ3v) is 3.84. The molecule has 2 heterocycles. The molecule has 21 heavy (non-hydrogen) atoms. The van der Waals surface area contributed by atoms with Crippen molar-refractivity contribution < 1.29 is 9.21 Å². The van der Waals surface area contributed by atoms with Gasteiger partial charge < -0.3 is 14.6 Å². The van der Waals surface area contributed by atoms with Gasteiger partial charge in [0, 0.05) is 6.54 Å². The number of fused-ring (bicyclic) bond motifs is 1. The summed E-state index contributed by atoms with van der Waals surface area (Å²) in [7, 11) is 0. The van der Waals surface area contributed by atoms with Gasteiger partial charge in [0.05, 0.1) is 29.5 Å². The van der Waals surface area contributed by atoms with Gasteiger partial charge in [0.2, 0.25) is 11.8 Å². The highest BCUT2D eigenvalue weighted by Crippen LogP contribution is 2.31. The Kier molecular flexibility index (Phi) is 3.41. The molecule has 5 heteroatoms. The van der Waals surface area contributed by atoms with E-state index in [9.17, 15) is 4.79 Å². The molecule has 1 atom stereocenters. The molecule has 0 saturated heterocycles. The minimum Gasteiger partial charge on any atom is -0.444 e. The van der Waals surface area contributed by atoms with Crippen molar-refractivity contribution >= 4 is 17.3 Å². The molecule has 0 radical (unpaired) electrons. The van der Waals surface area contributed by atoms with Crippen molar-refractivity contribution in [1.82, 2.24) is 4.98 Å². The lowest BCUT2D eigenvalue weighted by Crippen LogP contribution is -2.30. The summed E-state index contributed by atoms with van der Waals surface area (Å²) in [5, 5.41) is 2.97. The number of hydrogen-bond donors (Lipinski definition) is 1. The van der Waals surface area contributed by atoms with Crippen LogP contribution in [0, 0.1) is 19.8 Å². The van der Waals surface area contributed by atoms with Crippen molar-refractivity contribution in [2.75, 3.05) is 16.8 Å². The van der Waals surface area contributed by atoms with Gasteiger partial charge in [-0.2, -0.15) is 0 Å². The average molecular weight is 285 g/mol. The van der Waals surface area contributed by atoms with E-state index in [0.29, 0.717) is 19.0 Å². The fourth-order valence-electron chi connectivity index (χ4n) is 2.54. The summed E-state index contributed by atoms with van der Waals surface area (Å²) in [6.07, 6.45) is 0. The number of carbonyl (C=O) groups excluding carboxylic acids is 1. The maximum atomic E-state index is 12.1. The van der Waals surface area contributed by atoms with E-state index in [1.54, 1.807) is 0 Å². The van der Waals surface area contributed by atoms with Gasteiger partial charge in [-0.25, -0.2) is 4.98 Å². The van der Waals surface area contributed by atoms with Crippen LogP contribution in [0.15, 0.2) is 28.7 Å². The number of rotatable bonds is 2. The number of carbonyl (C=O) groups is 1. The fourth-order valence-corrected chi connectivity index (χ4v) is 2.54. The summed E-state index contributed by atoms with van der Waals surface area (Å²) in [6, 6.07) is 7.83. The van der Waals surface area contributed by atoms with Gasteiger partial charge in [0.25, 0.3) is 0 Å². The first-order valence-electron chi connectivity index (χ1n) is 7.12. The van der Waals surface area contributed by atoms with Crippen LogP contribution in [-0.2, 0) is 11.3 Å². The number of nitrogens with zero attached hydrogens (tertiary/aromatic N) is 2. The Morgan fingerprint density at radius 2 is 2.14 bits per heavy atom. The van der Waals surface area contributed by atoms with Crippen LogP contribution in [0.1, 0.15) is 24.3 Å². The van der Waals surface area contributed by atoms with Crippen LogP contribution in [0.3, 0.4) is 0 Å². The lowest BCUT2D eigenvalue weighted by atomic mass is 10.1. The second-order valence-electron chi connectivity index (χ2n) is 5.54. The number of aryl methyl sites for hydroxylation is 2. The molecule has 0 aliphatic carbocycles. The maximum absolute atomic E-state index is 12.1. The van der Waals surface area contributed by atoms with Gasteiger partial charge in [-0.05, 0) is 26.0 Å². The number of anilines is 2. The fraction of sp³-hybridized carbons (Fsp3) is 0.375. The van der Waals surface area contributed by atoms with E-state index in [-0.39, 0.29) is 11.8 Å². The Hall–Kier alpha value is -2.30. The Bertz CT molecular complexity index is 658. The molecule has 0 fully saturated rings. The molecule has 1 N–H and O–H groups in total. The zero-order chi connectivity index (χ0) is 15.0. The van der Waals surface area contributed by atoms with Gasteiger partial charge in [-0.1, -0.05) is 19.1 Å². The SMILES string of the molecule is Cc1nc(CN2CC(C)C(=O)Nc3ccccc32)oc1C. The van der Waals surface area contributed by atoms with Crippen molar-refractivity contribution in [3.05, 3.63) is 41.6 Å². The van der Waals surface area contributed by atoms with Crippen molar-refractivity contribution in [2.24, 2.45) is 5.92 Å². The van der Waals surface area contributed by atoms with E-state index in [1.165, 1.54) is 0 Å². The average Bonchev–Trinajstić information content (AvgIpc) is 2.70. The Balaban J connectivity index is 1.94. The zero-order valence-electron chi connectivity index (χ0n) is 12.5. The molecule has 5 nitrogen and oxygen atoms in total. The van der Waals surface area contributed by atoms with E-state index < -0.39 is 0 Å². The summed E-state index contributed by atoms with van der Waals surface area (Å²) >= 11 is 0. The van der Waals surface area contributed by atoms with E-state index in [4.69, 9.17) is 4.42 Å². The molecule has 1 unspecified atom stereocenters. The second-order valence-corrected chi connectivity index (χ2v) is 5.54. The Morgan fingerprint density at radius 1 is 1.38 bits per heavy atom. The standard InChI is InChI=1S/C16H19N3O2/c1-10-8-19(9-15-17-11(2)12(3)21-15)14-7-5-4-6-13(14)18-16(10)20/h4-7,10H,8-9H2,1-3H3,(H,18,20). The van der Waals surface area contributed by atoms with Crippen LogP contribution in [0.5, 0.6) is 0 Å². The predicted molar refractivity (Wildman–Crippen MR) is 81.3 cm³/mol. The minimum atomic E-state index is -0.0884. The van der Waals surface area contributed by atoms with Gasteiger partial charge in [0.15, 0.2) is 0 Å². The first kappa shape index (κ1) is 13.7. The Morgan fingerprint density at radius 3 is 2.86 bits per heavy atom. The number of amides is 1. The number of oxazole rings is 1. The molecule has 110 valence electrons. The largest absolute Gasteiger partial charge is 0.444 e. The number of aromatic nitrogens is 1. The quantitative estimate of drug-likeness (QED) is 0.921. The highest BCUT2D eigenvalue weighted by molar-refractivity contribution is 5.97. The second kappa shape index (κ2) is 5.24. The molecule has 1 aliphatic rings. The minimum absolute atomic E-state index is 0.0460. The molecule has 1 aromatic carbocycles. The smallest absolute Gasteiger partial charge is 0.229 e. The highest BCUT2D eigenvalue weighted by atomic mass is 16.4. The lowest BCUT2D eigenvalue weighted by molar-refractivity contribution is -0.119. The van der Waals surface area contributed by atoms with Crippen LogP contribution < -0.4 is 10.2 Å². The molecular formula is C16H19N3O2. The third-order valence-electron chi connectivity index (χ3n) is 3.84. The van der Waals surface area contributed by atoms with Crippen LogP contribution in [0.25, 0.3) is 0 Å². The van der Waals surface area contributed by atoms with Gasteiger partial charge in [-0.3, -0.25) is 4.79 Å². The summed E-state index contributed by atoms with van der Waals surface area (Å²) in [6.45, 7) is 6.98. The van der Waals surface area contributed by atoms with E-state index in [2.05, 4.69) is 15.2 Å². The topological polar surface area (TPSA) is 58.4 Å². The molecule has 1 aromatic heterocycles. The molecular weight excluding hydrogens is 266 g/mol. The molecule has 3 rings (SSSR count). The summed E-state index contributed by atoms with van der Waals surface area (Å²) < 4.78 is 5.68. The Labute approximate surface area is 124 Å². The third kappa shape index (κ3) is 2.63. The van der Waals surface area contributed by atoms with Crippen molar-refractivity contribution in [2.45, 2.75) is 27.3 Å². The monoisotopic (exact) mass is 285 g/mol. The number of para-hydroxylation sites is 2. The highest BCUT2D eigenvalue weighted by Gasteiger charge is 2.25. The molecule has 1 amide bonds. The van der Waals surface area contributed by atoms with E-state index in [1.807, 2.05) is 45.0 Å². The zero-order valence-corrected chi connectivity index (χ0v) is 12.5. The first-order valence-corrected chi connectivity index (χ1v) is 7.12. The predicted octanol–water partition coefficient (Wildman–Crippen LogP) is 2.89. The van der Waals surface area contributed by atoms with E-state index in [0.717, 1.165) is 22.8 Å². The van der Waals surface area contributed by atoms with Gasteiger partial charge in [-0.15, -0.1) is 0 Å². The van der Waals surface area contributed by atoms with Crippen LogP contribution in [-0.4, -0.2) is 17.4 Å². The van der Waals surface area contributed by atoms with Gasteiger partial charge >= 0.3 is 0 Å². The van der Waals surface area contributed by atoms with Crippen molar-refractivity contribution in [3.63, 3.8) is 0 Å². The normalized spacial score (nSPS) is 18.1. The van der Waals surface area contributed by atoms with Crippen LogP contribution in [0.2, 0.25) is 0 Å². The molecule has 0 saturated carbocycles.